The van der Waals surface area contributed by atoms with Crippen LogP contribution in [-0.2, 0) is 16.0 Å². The number of carbonyl (C=O) groups excluding carboxylic acids is 2. The van der Waals surface area contributed by atoms with Crippen molar-refractivity contribution in [1.29, 1.82) is 0 Å². The fourth-order valence-corrected chi connectivity index (χ4v) is 3.26. The van der Waals surface area contributed by atoms with Gasteiger partial charge in [-0.1, -0.05) is 25.0 Å². The van der Waals surface area contributed by atoms with Crippen LogP contribution in [0.15, 0.2) is 30.5 Å². The molecule has 0 aliphatic heterocycles. The lowest BCUT2D eigenvalue weighted by atomic mass is 10.0. The van der Waals surface area contributed by atoms with Gasteiger partial charge in [0.05, 0.1) is 16.7 Å². The molecule has 0 radical (unpaired) electrons. The monoisotopic (exact) mass is 326 g/mol. The van der Waals surface area contributed by atoms with Crippen molar-refractivity contribution in [2.24, 2.45) is 11.7 Å². The van der Waals surface area contributed by atoms with Crippen LogP contribution in [0.4, 0.5) is 0 Å². The lowest BCUT2D eigenvalue weighted by Gasteiger charge is -2.16. The first-order valence-electron chi connectivity index (χ1n) is 8.41. The maximum Gasteiger partial charge on any atom is 0.240 e. The molecule has 1 saturated carbocycles. The lowest BCUT2D eigenvalue weighted by Crippen LogP contribution is -2.46. The standard InChI is InChI=1S/C18H22N4O2/c19-18(24)16(22-17(23)9-12-5-1-2-6-12)10-13-11-20-14-7-3-4-8-15(14)21-13/h3-4,7-8,11-12,16H,1-2,5-6,9-10H2,(H2,19,24)(H,22,23)/t16-/m0/s1. The molecule has 0 saturated heterocycles. The normalized spacial score (nSPS) is 16.2. The third kappa shape index (κ3) is 4.07. The Labute approximate surface area is 140 Å². The molecule has 0 spiro atoms. The van der Waals surface area contributed by atoms with Gasteiger partial charge in [-0.3, -0.25) is 14.6 Å². The fourth-order valence-electron chi connectivity index (χ4n) is 3.26. The molecule has 1 aliphatic carbocycles. The number of nitrogens with one attached hydrogen (secondary N) is 1. The molecule has 6 heteroatoms. The van der Waals surface area contributed by atoms with Crippen molar-refractivity contribution >= 4 is 22.8 Å². The van der Waals surface area contributed by atoms with Crippen molar-refractivity contribution in [3.05, 3.63) is 36.2 Å². The van der Waals surface area contributed by atoms with Crippen LogP contribution in [0.2, 0.25) is 0 Å². The average Bonchev–Trinajstić information content (AvgIpc) is 3.07. The first-order valence-corrected chi connectivity index (χ1v) is 8.41. The molecular formula is C18H22N4O2. The SMILES string of the molecule is NC(=O)[C@H](Cc1cnc2ccccc2n1)NC(=O)CC1CCCC1. The number of para-hydroxylation sites is 2. The maximum absolute atomic E-state index is 12.2. The lowest BCUT2D eigenvalue weighted by molar-refractivity contribution is -0.127. The Hall–Kier alpha value is -2.50. The summed E-state index contributed by atoms with van der Waals surface area (Å²) in [4.78, 5) is 32.7. The van der Waals surface area contributed by atoms with Crippen LogP contribution >= 0.6 is 0 Å². The van der Waals surface area contributed by atoms with Gasteiger partial charge in [0.2, 0.25) is 11.8 Å². The molecule has 0 bridgehead atoms. The molecule has 3 rings (SSSR count). The molecule has 126 valence electrons. The van der Waals surface area contributed by atoms with Crippen LogP contribution in [0.5, 0.6) is 0 Å². The molecule has 1 aromatic carbocycles. The summed E-state index contributed by atoms with van der Waals surface area (Å²) in [5.74, 6) is -0.233. The van der Waals surface area contributed by atoms with Crippen molar-refractivity contribution in [2.75, 3.05) is 0 Å². The van der Waals surface area contributed by atoms with Crippen molar-refractivity contribution in [1.82, 2.24) is 15.3 Å². The summed E-state index contributed by atoms with van der Waals surface area (Å²) in [5, 5.41) is 2.76. The third-order valence-corrected chi connectivity index (χ3v) is 4.54. The molecule has 2 amide bonds. The van der Waals surface area contributed by atoms with E-state index < -0.39 is 11.9 Å². The molecule has 1 aromatic heterocycles. The number of carbonyl (C=O) groups is 2. The van der Waals surface area contributed by atoms with Crippen LogP contribution in [0.3, 0.4) is 0 Å². The summed E-state index contributed by atoms with van der Waals surface area (Å²) in [6.45, 7) is 0. The van der Waals surface area contributed by atoms with Gasteiger partial charge in [-0.05, 0) is 30.9 Å². The van der Waals surface area contributed by atoms with Crippen molar-refractivity contribution < 1.29 is 9.59 Å². The predicted molar refractivity (Wildman–Crippen MR) is 90.9 cm³/mol. The number of amides is 2. The van der Waals surface area contributed by atoms with Gasteiger partial charge in [-0.15, -0.1) is 0 Å². The highest BCUT2D eigenvalue weighted by Gasteiger charge is 2.23. The zero-order valence-electron chi connectivity index (χ0n) is 13.6. The molecule has 2 aromatic rings. The van der Waals surface area contributed by atoms with Gasteiger partial charge >= 0.3 is 0 Å². The van der Waals surface area contributed by atoms with E-state index in [4.69, 9.17) is 5.73 Å². The molecule has 24 heavy (non-hydrogen) atoms. The van der Waals surface area contributed by atoms with Crippen LogP contribution < -0.4 is 11.1 Å². The second-order valence-corrected chi connectivity index (χ2v) is 6.43. The van der Waals surface area contributed by atoms with Crippen molar-refractivity contribution in [3.63, 3.8) is 0 Å². The Morgan fingerprint density at radius 2 is 1.92 bits per heavy atom. The highest BCUT2D eigenvalue weighted by Crippen LogP contribution is 2.27. The third-order valence-electron chi connectivity index (χ3n) is 4.54. The first kappa shape index (κ1) is 16.4. The summed E-state index contributed by atoms with van der Waals surface area (Å²) >= 11 is 0. The van der Waals surface area contributed by atoms with Crippen LogP contribution in [0.25, 0.3) is 11.0 Å². The van der Waals surface area contributed by atoms with Gasteiger partial charge in [0, 0.05) is 19.0 Å². The minimum atomic E-state index is -0.755. The number of nitrogens with two attached hydrogens (primary N) is 1. The van der Waals surface area contributed by atoms with Gasteiger partial charge in [-0.2, -0.15) is 0 Å². The van der Waals surface area contributed by atoms with Crippen LogP contribution in [0.1, 0.15) is 37.8 Å². The van der Waals surface area contributed by atoms with Gasteiger partial charge < -0.3 is 11.1 Å². The summed E-state index contributed by atoms with van der Waals surface area (Å²) < 4.78 is 0. The molecule has 1 aliphatic rings. The average molecular weight is 326 g/mol. The van der Waals surface area contributed by atoms with E-state index in [0.29, 0.717) is 18.0 Å². The zero-order chi connectivity index (χ0) is 16.9. The van der Waals surface area contributed by atoms with Crippen LogP contribution in [0, 0.1) is 5.92 Å². The Bertz CT molecular complexity index is 741. The van der Waals surface area contributed by atoms with E-state index in [1.807, 2.05) is 24.3 Å². The van der Waals surface area contributed by atoms with E-state index in [2.05, 4.69) is 15.3 Å². The van der Waals surface area contributed by atoms with E-state index in [1.165, 1.54) is 12.8 Å². The molecule has 0 unspecified atom stereocenters. The Kier molecular flexibility index (Phi) is 5.03. The van der Waals surface area contributed by atoms with E-state index >= 15 is 0 Å². The highest BCUT2D eigenvalue weighted by molar-refractivity contribution is 5.87. The summed E-state index contributed by atoms with van der Waals surface area (Å²) in [7, 11) is 0. The van der Waals surface area contributed by atoms with Crippen molar-refractivity contribution in [3.8, 4) is 0 Å². The smallest absolute Gasteiger partial charge is 0.240 e. The number of benzene rings is 1. The van der Waals surface area contributed by atoms with Gasteiger partial charge in [0.1, 0.15) is 6.04 Å². The number of hydrogen-bond acceptors (Lipinski definition) is 4. The van der Waals surface area contributed by atoms with Gasteiger partial charge in [-0.25, -0.2) is 4.98 Å². The second kappa shape index (κ2) is 7.38. The molecule has 1 fully saturated rings. The molecule has 3 N–H and O–H groups in total. The van der Waals surface area contributed by atoms with E-state index in [9.17, 15) is 9.59 Å². The summed E-state index contributed by atoms with van der Waals surface area (Å²) in [6.07, 6.45) is 6.89. The minimum Gasteiger partial charge on any atom is -0.368 e. The molecule has 6 nitrogen and oxygen atoms in total. The van der Waals surface area contributed by atoms with Crippen LogP contribution in [-0.4, -0.2) is 27.8 Å². The minimum absolute atomic E-state index is 0.112. The predicted octanol–water partition coefficient (Wildman–Crippen LogP) is 1.72. The number of aromatic nitrogens is 2. The largest absolute Gasteiger partial charge is 0.368 e. The zero-order valence-corrected chi connectivity index (χ0v) is 13.6. The molecule has 1 heterocycles. The molecular weight excluding hydrogens is 304 g/mol. The highest BCUT2D eigenvalue weighted by atomic mass is 16.2. The first-order chi connectivity index (χ1) is 11.6. The number of hydrogen-bond donors (Lipinski definition) is 2. The Balaban J connectivity index is 1.66. The fraction of sp³-hybridized carbons (Fsp3) is 0.444. The number of nitrogens with zero attached hydrogens (tertiary/aromatic N) is 2. The van der Waals surface area contributed by atoms with Crippen molar-refractivity contribution in [2.45, 2.75) is 44.6 Å². The second-order valence-electron chi connectivity index (χ2n) is 6.43. The maximum atomic E-state index is 12.2. The van der Waals surface area contributed by atoms with Gasteiger partial charge in [0.25, 0.3) is 0 Å². The summed E-state index contributed by atoms with van der Waals surface area (Å²) in [5.41, 5.74) is 7.64. The molecule has 1 atom stereocenters. The van der Waals surface area contributed by atoms with E-state index in [0.717, 1.165) is 23.9 Å². The van der Waals surface area contributed by atoms with Gasteiger partial charge in [0.15, 0.2) is 0 Å². The Morgan fingerprint density at radius 1 is 1.21 bits per heavy atom. The summed E-state index contributed by atoms with van der Waals surface area (Å²) in [6, 6.07) is 6.77. The quantitative estimate of drug-likeness (QED) is 0.844. The Morgan fingerprint density at radius 3 is 2.62 bits per heavy atom. The number of fused-ring (bicyclic) bond motifs is 1. The topological polar surface area (TPSA) is 98.0 Å². The number of primary amides is 1. The number of rotatable bonds is 6. The van der Waals surface area contributed by atoms with E-state index in [-0.39, 0.29) is 12.3 Å². The van der Waals surface area contributed by atoms with E-state index in [1.54, 1.807) is 6.20 Å².